The molecule has 37 heteroatoms. The zero-order valence-electron chi connectivity index (χ0n) is 22.3. The molecule has 9 aromatic rings. The summed E-state index contributed by atoms with van der Waals surface area (Å²) in [5.41, 5.74) is 4.96. The second kappa shape index (κ2) is 31.0. The van der Waals surface area contributed by atoms with Gasteiger partial charge in [0, 0.05) is 0 Å². The molecule has 0 aliphatic rings. The first kappa shape index (κ1) is 35.5. The van der Waals surface area contributed by atoms with Gasteiger partial charge in [0.05, 0.1) is 0 Å². The predicted molar refractivity (Wildman–Crippen MR) is 132 cm³/mol. The lowest BCUT2D eigenvalue weighted by molar-refractivity contribution is 0.881. The van der Waals surface area contributed by atoms with Gasteiger partial charge in [-0.2, -0.15) is 46.9 Å². The molecule has 0 unspecified atom stereocenters. The maximum atomic E-state index is 4.96. The van der Waals surface area contributed by atoms with E-state index in [1.165, 1.54) is 50.6 Å². The number of anilines is 1. The highest BCUT2D eigenvalue weighted by molar-refractivity contribution is 5.05. The fourth-order valence-corrected chi connectivity index (χ4v) is 1.20. The van der Waals surface area contributed by atoms with E-state index >= 15 is 0 Å². The fourth-order valence-electron chi connectivity index (χ4n) is 1.20. The molecule has 11 N–H and O–H groups in total. The van der Waals surface area contributed by atoms with Gasteiger partial charge in [-0.3, -0.25) is 0 Å². The van der Waals surface area contributed by atoms with Crippen molar-refractivity contribution in [3.8, 4) is 0 Å². The number of nitrogens with one attached hydrogen (secondary N) is 9. The van der Waals surface area contributed by atoms with Crippen LogP contribution in [0.4, 0.5) is 5.95 Å². The summed E-state index contributed by atoms with van der Waals surface area (Å²) in [4.78, 5) is 0. The summed E-state index contributed by atoms with van der Waals surface area (Å²) in [5.74, 6) is 0.176. The average Bonchev–Trinajstić information content (AvgIpc) is 4.00. The summed E-state index contributed by atoms with van der Waals surface area (Å²) < 4.78 is 0. The van der Waals surface area contributed by atoms with Gasteiger partial charge in [0.15, 0.2) is 50.6 Å². The molecule has 0 fully saturated rings. The lowest BCUT2D eigenvalue weighted by Crippen LogP contribution is -1.84. The van der Waals surface area contributed by atoms with Gasteiger partial charge < -0.3 is 5.73 Å². The minimum Gasteiger partial charge on any atom is -0.365 e. The number of nitrogen functional groups attached to an aromatic ring is 1. The largest absolute Gasteiger partial charge is 0.365 e. The smallest absolute Gasteiger partial charge is 0.260 e. The molecule has 0 amide bonds. The number of rotatable bonds is 0. The number of hydrogen-bond donors (Lipinski definition) is 10. The van der Waals surface area contributed by atoms with Crippen molar-refractivity contribution in [1.82, 2.24) is 186 Å². The van der Waals surface area contributed by atoms with Crippen molar-refractivity contribution in [2.24, 2.45) is 0 Å². The first-order chi connectivity index (χ1) is 22.9. The van der Waals surface area contributed by atoms with Crippen LogP contribution >= 0.6 is 0 Å². The summed E-state index contributed by atoms with van der Waals surface area (Å²) in [7, 11) is 0. The van der Waals surface area contributed by atoms with E-state index in [9.17, 15) is 0 Å². The Morgan fingerprint density at radius 3 is 0.565 bits per heavy atom. The molecule has 0 spiro atoms. The monoisotopic (exact) mass is 645 g/mol. The van der Waals surface area contributed by atoms with Crippen LogP contribution < -0.4 is 5.73 Å². The number of H-pyrrole nitrogens is 9. The van der Waals surface area contributed by atoms with Crippen LogP contribution in [0.15, 0.2) is 50.6 Å². The van der Waals surface area contributed by atoms with Crippen LogP contribution in [0.3, 0.4) is 0 Å². The number of hydrogen-bond acceptors (Lipinski definition) is 28. The molecule has 0 bridgehead atoms. The molecule has 0 aliphatic carbocycles. The van der Waals surface area contributed by atoms with Crippen LogP contribution in [0, 0.1) is 0 Å². The number of aromatic amines is 9. The Bertz CT molecular complexity index is 1040. The van der Waals surface area contributed by atoms with E-state index < -0.39 is 0 Å². The minimum atomic E-state index is 0.176. The third kappa shape index (κ3) is 28.4. The van der Waals surface area contributed by atoms with Crippen molar-refractivity contribution in [2.45, 2.75) is 0 Å². The maximum Gasteiger partial charge on any atom is 0.260 e. The van der Waals surface area contributed by atoms with Gasteiger partial charge in [0.1, 0.15) is 0 Å². The summed E-state index contributed by atoms with van der Waals surface area (Å²) in [6.07, 6.45) is 10.7. The summed E-state index contributed by atoms with van der Waals surface area (Å²) >= 11 is 0. The van der Waals surface area contributed by atoms with Crippen molar-refractivity contribution in [3.05, 3.63) is 50.6 Å². The van der Waals surface area contributed by atoms with Crippen molar-refractivity contribution in [3.63, 3.8) is 0 Å². The van der Waals surface area contributed by atoms with Gasteiger partial charge in [-0.05, 0) is 5.21 Å². The molecule has 0 atom stereocenters. The Hall–Kier alpha value is -8.57. The highest BCUT2D eigenvalue weighted by Crippen LogP contribution is 1.72. The summed E-state index contributed by atoms with van der Waals surface area (Å²) in [6, 6.07) is 0. The number of nitrogens with two attached hydrogens (primary N) is 1. The SMILES string of the molecule is Nc1nn[nH]n1.c1nn[nH]n1.c1nn[nH]n1.c1nn[nH]n1.c1nn[nH]n1.c1nn[nH]n1.c1nn[nH]n1.c1nn[nH]n1.c1nn[nH]n1. The van der Waals surface area contributed by atoms with Gasteiger partial charge in [-0.15, -0.1) is 86.7 Å². The molecule has 37 nitrogen and oxygen atoms in total. The molecular formula is C9H19N37. The molecule has 9 heterocycles. The Morgan fingerprint density at radius 1 is 0.304 bits per heavy atom. The zero-order chi connectivity index (χ0) is 32.7. The fraction of sp³-hybridized carbons (Fsp3) is 0. The predicted octanol–water partition coefficient (Wildman–Crippen LogP) is -7.62. The second-order valence-corrected chi connectivity index (χ2v) is 5.25. The maximum absolute atomic E-state index is 4.96. The van der Waals surface area contributed by atoms with Gasteiger partial charge in [0.25, 0.3) is 5.95 Å². The molecule has 46 heavy (non-hydrogen) atoms. The lowest BCUT2D eigenvalue weighted by Gasteiger charge is -1.62. The van der Waals surface area contributed by atoms with Crippen molar-refractivity contribution in [1.29, 1.82) is 0 Å². The van der Waals surface area contributed by atoms with E-state index in [-0.39, 0.29) is 5.95 Å². The van der Waals surface area contributed by atoms with E-state index in [4.69, 9.17) is 5.73 Å². The van der Waals surface area contributed by atoms with E-state index in [1.54, 1.807) is 0 Å². The molecule has 240 valence electrons. The Balaban J connectivity index is 0.000000259. The first-order valence-corrected chi connectivity index (χ1v) is 10.7. The molecular weight excluding hydrogens is 626 g/mol. The third-order valence-corrected chi connectivity index (χ3v) is 2.52. The Kier molecular flexibility index (Phi) is 23.9. The van der Waals surface area contributed by atoms with E-state index in [2.05, 4.69) is 186 Å². The minimum absolute atomic E-state index is 0.176. The van der Waals surface area contributed by atoms with Crippen LogP contribution in [-0.2, 0) is 0 Å². The van der Waals surface area contributed by atoms with E-state index in [1.807, 2.05) is 0 Å². The highest BCUT2D eigenvalue weighted by Gasteiger charge is 1.78. The standard InChI is InChI=1S/CH3N5.8CH2N4/c2-1-3-5-6-4-1;8*1-2-4-5-3-1/h(H3,2,3,4,5,6);8*1H,(H,2,3,4,5). The van der Waals surface area contributed by atoms with E-state index in [0.717, 1.165) is 0 Å². The average molecular weight is 646 g/mol. The summed E-state index contributed by atoms with van der Waals surface area (Å²) in [6.45, 7) is 0. The molecule has 0 radical (unpaired) electrons. The molecule has 0 aromatic carbocycles. The van der Waals surface area contributed by atoms with Crippen molar-refractivity contribution < 1.29 is 0 Å². The molecule has 0 saturated heterocycles. The van der Waals surface area contributed by atoms with Gasteiger partial charge in [-0.1, -0.05) is 46.8 Å². The van der Waals surface area contributed by atoms with Crippen LogP contribution in [0.2, 0.25) is 0 Å². The van der Waals surface area contributed by atoms with Crippen LogP contribution in [0.1, 0.15) is 0 Å². The number of aromatic nitrogens is 36. The van der Waals surface area contributed by atoms with Gasteiger partial charge in [-0.25, -0.2) is 0 Å². The molecule has 0 aliphatic heterocycles. The topological polar surface area (TPSA) is 516 Å². The van der Waals surface area contributed by atoms with Gasteiger partial charge in [0.2, 0.25) is 0 Å². The van der Waals surface area contributed by atoms with Crippen LogP contribution in [-0.4, -0.2) is 186 Å². The van der Waals surface area contributed by atoms with Gasteiger partial charge >= 0.3 is 0 Å². The van der Waals surface area contributed by atoms with Crippen molar-refractivity contribution in [2.75, 3.05) is 5.73 Å². The van der Waals surface area contributed by atoms with Crippen LogP contribution in [0.5, 0.6) is 0 Å². The zero-order valence-corrected chi connectivity index (χ0v) is 22.3. The molecule has 0 saturated carbocycles. The molecule has 9 aromatic heterocycles. The quantitative estimate of drug-likeness (QED) is 0.0731. The van der Waals surface area contributed by atoms with Crippen molar-refractivity contribution >= 4 is 5.95 Å². The Morgan fingerprint density at radius 2 is 0.522 bits per heavy atom. The lowest BCUT2D eigenvalue weighted by atomic mass is 11.2. The first-order valence-electron chi connectivity index (χ1n) is 10.7. The number of nitrogens with zero attached hydrogens (tertiary/aromatic N) is 27. The summed E-state index contributed by atoms with van der Waals surface area (Å²) in [5, 5.41) is 109. The molecule has 9 rings (SSSR count). The number of tetrazole rings is 9. The second-order valence-electron chi connectivity index (χ2n) is 5.25. The van der Waals surface area contributed by atoms with E-state index in [0.29, 0.717) is 0 Å². The normalized spacial score (nSPS) is 8.09. The highest BCUT2D eigenvalue weighted by atomic mass is 15.5. The third-order valence-electron chi connectivity index (χ3n) is 2.52. The Labute approximate surface area is 248 Å². The van der Waals surface area contributed by atoms with Crippen LogP contribution in [0.25, 0.3) is 0 Å².